The maximum atomic E-state index is 13.1. The number of carbonyl (C=O) groups excluding carboxylic acids is 2. The van der Waals surface area contributed by atoms with Crippen molar-refractivity contribution in [1.29, 1.82) is 0 Å². The molecule has 1 aliphatic heterocycles. The van der Waals surface area contributed by atoms with Crippen LogP contribution in [0, 0.1) is 0 Å². The first kappa shape index (κ1) is 18.0. The number of anilines is 1. The molecule has 2 aromatic carbocycles. The Morgan fingerprint density at radius 2 is 1.77 bits per heavy atom. The van der Waals surface area contributed by atoms with E-state index in [0.717, 1.165) is 11.6 Å². The Balaban J connectivity index is 1.73. The van der Waals surface area contributed by atoms with Crippen molar-refractivity contribution in [2.45, 2.75) is 25.1 Å². The van der Waals surface area contributed by atoms with E-state index in [1.54, 1.807) is 24.3 Å². The maximum absolute atomic E-state index is 13.1. The zero-order chi connectivity index (χ0) is 18.9. The summed E-state index contributed by atoms with van der Waals surface area (Å²) < 4.78 is 39.3. The average Bonchev–Trinajstić information content (AvgIpc) is 2.90. The van der Waals surface area contributed by atoms with E-state index >= 15 is 0 Å². The van der Waals surface area contributed by atoms with Crippen LogP contribution in [0.5, 0.6) is 0 Å². The quantitative estimate of drug-likeness (QED) is 0.900. The number of hydrogen-bond donors (Lipinski definition) is 1. The lowest BCUT2D eigenvalue weighted by atomic mass is 9.96. The van der Waals surface area contributed by atoms with Gasteiger partial charge in [0, 0.05) is 25.7 Å². The molecule has 4 nitrogen and oxygen atoms in total. The van der Waals surface area contributed by atoms with Crippen molar-refractivity contribution in [2.75, 3.05) is 12.4 Å². The monoisotopic (exact) mass is 362 g/mol. The predicted molar refractivity (Wildman–Crippen MR) is 90.3 cm³/mol. The molecule has 1 N–H and O–H groups in total. The number of rotatable bonds is 4. The summed E-state index contributed by atoms with van der Waals surface area (Å²) in [7, 11) is 1.44. The highest BCUT2D eigenvalue weighted by Gasteiger charge is 2.35. The van der Waals surface area contributed by atoms with Gasteiger partial charge in [-0.25, -0.2) is 0 Å². The van der Waals surface area contributed by atoms with Crippen molar-refractivity contribution in [2.24, 2.45) is 0 Å². The third-order valence-electron chi connectivity index (χ3n) is 4.45. The zero-order valence-electron chi connectivity index (χ0n) is 14.0. The minimum Gasteiger partial charge on any atom is -0.341 e. The van der Waals surface area contributed by atoms with E-state index in [2.05, 4.69) is 5.32 Å². The molecule has 0 saturated heterocycles. The molecule has 0 unspecified atom stereocenters. The Bertz CT molecular complexity index is 849. The lowest BCUT2D eigenvalue weighted by Crippen LogP contribution is -2.30. The largest absolute Gasteiger partial charge is 0.416 e. The van der Waals surface area contributed by atoms with Crippen LogP contribution in [-0.2, 0) is 22.3 Å². The van der Waals surface area contributed by atoms with Gasteiger partial charge in [0.2, 0.25) is 11.8 Å². The molecule has 3 rings (SSSR count). The summed E-state index contributed by atoms with van der Waals surface area (Å²) in [5, 5.41) is 2.71. The van der Waals surface area contributed by atoms with Gasteiger partial charge in [-0.1, -0.05) is 36.4 Å². The van der Waals surface area contributed by atoms with Crippen LogP contribution in [0.2, 0.25) is 0 Å². The van der Waals surface area contributed by atoms with Crippen molar-refractivity contribution >= 4 is 17.5 Å². The van der Waals surface area contributed by atoms with E-state index in [0.29, 0.717) is 5.69 Å². The van der Waals surface area contributed by atoms with Crippen molar-refractivity contribution in [1.82, 2.24) is 4.90 Å². The van der Waals surface area contributed by atoms with E-state index in [-0.39, 0.29) is 30.3 Å². The molecule has 0 fully saturated rings. The first-order valence-corrected chi connectivity index (χ1v) is 8.06. The van der Waals surface area contributed by atoms with E-state index < -0.39 is 17.7 Å². The Labute approximate surface area is 148 Å². The highest BCUT2D eigenvalue weighted by atomic mass is 19.4. The van der Waals surface area contributed by atoms with Crippen LogP contribution in [0.15, 0.2) is 48.5 Å². The summed E-state index contributed by atoms with van der Waals surface area (Å²) in [5.41, 5.74) is 0.658. The van der Waals surface area contributed by atoms with E-state index in [9.17, 15) is 22.8 Å². The van der Waals surface area contributed by atoms with E-state index in [1.165, 1.54) is 30.1 Å². The van der Waals surface area contributed by atoms with Crippen LogP contribution in [0.3, 0.4) is 0 Å². The Kier molecular flexibility index (Phi) is 4.71. The molecule has 136 valence electrons. The molecule has 26 heavy (non-hydrogen) atoms. The van der Waals surface area contributed by atoms with Gasteiger partial charge in [-0.05, 0) is 23.3 Å². The number of amides is 2. The van der Waals surface area contributed by atoms with Gasteiger partial charge in [0.15, 0.2) is 0 Å². The van der Waals surface area contributed by atoms with Crippen LogP contribution < -0.4 is 5.32 Å². The SMILES string of the molecule is CN(Cc1ccccc1C(F)(F)F)C(=O)C[C@H]1C(=O)Nc2ccccc21. The molecule has 0 radical (unpaired) electrons. The Hall–Kier alpha value is -2.83. The summed E-state index contributed by atoms with van der Waals surface area (Å²) in [6.45, 7) is -0.176. The molecule has 0 aliphatic carbocycles. The molecule has 0 bridgehead atoms. The van der Waals surface area contributed by atoms with Crippen molar-refractivity contribution in [3.8, 4) is 0 Å². The molecular formula is C19H17F3N2O2. The molecule has 0 spiro atoms. The third-order valence-corrected chi connectivity index (χ3v) is 4.45. The minimum absolute atomic E-state index is 0.0205. The molecule has 7 heteroatoms. The second-order valence-electron chi connectivity index (χ2n) is 6.24. The minimum atomic E-state index is -4.48. The highest BCUT2D eigenvalue weighted by Crippen LogP contribution is 2.35. The second kappa shape index (κ2) is 6.82. The van der Waals surface area contributed by atoms with E-state index in [4.69, 9.17) is 0 Å². The summed E-state index contributed by atoms with van der Waals surface area (Å²) in [6.07, 6.45) is -4.57. The molecule has 2 amide bonds. The number of hydrogen-bond acceptors (Lipinski definition) is 2. The van der Waals surface area contributed by atoms with Crippen LogP contribution in [-0.4, -0.2) is 23.8 Å². The first-order valence-electron chi connectivity index (χ1n) is 8.06. The summed E-state index contributed by atoms with van der Waals surface area (Å²) >= 11 is 0. The lowest BCUT2D eigenvalue weighted by molar-refractivity contribution is -0.139. The van der Waals surface area contributed by atoms with Gasteiger partial charge in [0.25, 0.3) is 0 Å². The summed E-state index contributed by atoms with van der Waals surface area (Å²) in [4.78, 5) is 25.8. The molecule has 1 aliphatic rings. The van der Waals surface area contributed by atoms with Crippen molar-refractivity contribution < 1.29 is 22.8 Å². The second-order valence-corrected chi connectivity index (χ2v) is 6.24. The van der Waals surface area contributed by atoms with Crippen molar-refractivity contribution in [3.05, 3.63) is 65.2 Å². The topological polar surface area (TPSA) is 49.4 Å². The number of alkyl halides is 3. The molecule has 1 heterocycles. The van der Waals surface area contributed by atoms with Gasteiger partial charge >= 0.3 is 6.18 Å². The highest BCUT2D eigenvalue weighted by molar-refractivity contribution is 6.04. The number of benzene rings is 2. The number of para-hydroxylation sites is 1. The molecule has 2 aromatic rings. The Morgan fingerprint density at radius 3 is 2.50 bits per heavy atom. The zero-order valence-corrected chi connectivity index (χ0v) is 14.0. The van der Waals surface area contributed by atoms with Crippen LogP contribution in [0.25, 0.3) is 0 Å². The van der Waals surface area contributed by atoms with Gasteiger partial charge in [-0.3, -0.25) is 9.59 Å². The lowest BCUT2D eigenvalue weighted by Gasteiger charge is -2.21. The fourth-order valence-corrected chi connectivity index (χ4v) is 3.09. The van der Waals surface area contributed by atoms with Gasteiger partial charge in [-0.15, -0.1) is 0 Å². The number of nitrogens with zero attached hydrogens (tertiary/aromatic N) is 1. The van der Waals surface area contributed by atoms with Crippen LogP contribution >= 0.6 is 0 Å². The standard InChI is InChI=1S/C19H17F3N2O2/c1-24(11-12-6-2-4-8-15(12)19(20,21)22)17(25)10-14-13-7-3-5-9-16(13)23-18(14)26/h2-9,14H,10-11H2,1H3,(H,23,26)/t14-/m1/s1. The van der Waals surface area contributed by atoms with Crippen LogP contribution in [0.1, 0.15) is 29.0 Å². The fourth-order valence-electron chi connectivity index (χ4n) is 3.09. The smallest absolute Gasteiger partial charge is 0.341 e. The Morgan fingerprint density at radius 1 is 1.12 bits per heavy atom. The normalized spacial score (nSPS) is 16.2. The summed E-state index contributed by atoms with van der Waals surface area (Å²) in [6, 6.07) is 12.2. The molecule has 0 aromatic heterocycles. The predicted octanol–water partition coefficient (Wildman–Crippen LogP) is 3.79. The van der Waals surface area contributed by atoms with E-state index in [1.807, 2.05) is 0 Å². The van der Waals surface area contributed by atoms with Crippen LogP contribution in [0.4, 0.5) is 18.9 Å². The number of nitrogens with one attached hydrogen (secondary N) is 1. The number of carbonyl (C=O) groups is 2. The molecule has 1 atom stereocenters. The van der Waals surface area contributed by atoms with Gasteiger partial charge in [-0.2, -0.15) is 13.2 Å². The average molecular weight is 362 g/mol. The third kappa shape index (κ3) is 3.56. The van der Waals surface area contributed by atoms with Gasteiger partial charge < -0.3 is 10.2 Å². The molecular weight excluding hydrogens is 345 g/mol. The molecule has 0 saturated carbocycles. The van der Waals surface area contributed by atoms with Crippen molar-refractivity contribution in [3.63, 3.8) is 0 Å². The first-order chi connectivity index (χ1) is 12.3. The maximum Gasteiger partial charge on any atom is 0.416 e. The van der Waals surface area contributed by atoms with Gasteiger partial charge in [0.05, 0.1) is 11.5 Å². The number of fused-ring (bicyclic) bond motifs is 1. The number of halogens is 3. The summed E-state index contributed by atoms with van der Waals surface area (Å²) in [5.74, 6) is -1.29. The van der Waals surface area contributed by atoms with Gasteiger partial charge in [0.1, 0.15) is 0 Å². The fraction of sp³-hybridized carbons (Fsp3) is 0.263.